The monoisotopic (exact) mass is 449 g/mol. The Morgan fingerprint density at radius 3 is 1.81 bits per heavy atom. The second-order valence-electron chi connectivity index (χ2n) is 8.61. The van der Waals surface area contributed by atoms with E-state index in [4.69, 9.17) is 14.2 Å². The summed E-state index contributed by atoms with van der Waals surface area (Å²) in [6.45, 7) is 8.15. The molecular formula is C24H29F2NO5. The summed E-state index contributed by atoms with van der Waals surface area (Å²) < 4.78 is 42.7. The lowest BCUT2D eigenvalue weighted by atomic mass is 9.95. The zero-order valence-electron chi connectivity index (χ0n) is 18.9. The smallest absolute Gasteiger partial charge is 0.408 e. The largest absolute Gasteiger partial charge is 0.459 e. The average Bonchev–Trinajstić information content (AvgIpc) is 2.70. The highest BCUT2D eigenvalue weighted by atomic mass is 19.1. The third-order valence-electron chi connectivity index (χ3n) is 4.69. The zero-order valence-corrected chi connectivity index (χ0v) is 18.9. The van der Waals surface area contributed by atoms with E-state index < -0.39 is 35.1 Å². The Morgan fingerprint density at radius 2 is 1.34 bits per heavy atom. The van der Waals surface area contributed by atoms with Crippen LogP contribution >= 0.6 is 0 Å². The number of amides is 1. The summed E-state index contributed by atoms with van der Waals surface area (Å²) in [7, 11) is 0. The number of nitrogens with one attached hydrogen (secondary N) is 1. The van der Waals surface area contributed by atoms with Crippen molar-refractivity contribution in [2.75, 3.05) is 0 Å². The number of carbonyl (C=O) groups is 2. The first kappa shape index (κ1) is 25.3. The first-order valence-electron chi connectivity index (χ1n) is 10.2. The van der Waals surface area contributed by atoms with E-state index in [1.54, 1.807) is 39.8 Å². The van der Waals surface area contributed by atoms with E-state index in [2.05, 4.69) is 5.32 Å². The second-order valence-corrected chi connectivity index (χ2v) is 8.61. The lowest BCUT2D eigenvalue weighted by molar-refractivity contribution is -0.159. The van der Waals surface area contributed by atoms with Gasteiger partial charge < -0.3 is 19.5 Å². The van der Waals surface area contributed by atoms with E-state index in [1.165, 1.54) is 43.3 Å². The van der Waals surface area contributed by atoms with Crippen molar-refractivity contribution in [3.8, 4) is 0 Å². The topological polar surface area (TPSA) is 73.9 Å². The van der Waals surface area contributed by atoms with Crippen LogP contribution in [0, 0.1) is 11.6 Å². The van der Waals surface area contributed by atoms with Crippen molar-refractivity contribution in [2.24, 2.45) is 0 Å². The molecule has 0 saturated heterocycles. The van der Waals surface area contributed by atoms with E-state index in [1.807, 2.05) is 0 Å². The van der Waals surface area contributed by atoms with Gasteiger partial charge in [0, 0.05) is 0 Å². The highest BCUT2D eigenvalue weighted by Crippen LogP contribution is 2.20. The molecule has 0 bridgehead atoms. The number of ether oxygens (including phenoxy) is 3. The lowest BCUT2D eigenvalue weighted by Crippen LogP contribution is -2.61. The predicted octanol–water partition coefficient (Wildman–Crippen LogP) is 4.90. The van der Waals surface area contributed by atoms with Crippen molar-refractivity contribution in [3.63, 3.8) is 0 Å². The third-order valence-corrected chi connectivity index (χ3v) is 4.69. The van der Waals surface area contributed by atoms with Crippen LogP contribution in [0.1, 0.15) is 45.7 Å². The van der Waals surface area contributed by atoms with Crippen molar-refractivity contribution in [1.29, 1.82) is 0 Å². The van der Waals surface area contributed by atoms with Gasteiger partial charge >= 0.3 is 12.1 Å². The molecule has 32 heavy (non-hydrogen) atoms. The molecule has 2 aromatic rings. The van der Waals surface area contributed by atoms with Gasteiger partial charge in [-0.3, -0.25) is 0 Å². The summed E-state index contributed by atoms with van der Waals surface area (Å²) in [4.78, 5) is 25.4. The Bertz CT molecular complexity index is 909. The molecule has 2 atom stereocenters. The molecule has 0 saturated carbocycles. The molecule has 174 valence electrons. The lowest BCUT2D eigenvalue weighted by Gasteiger charge is -2.34. The van der Waals surface area contributed by atoms with Crippen LogP contribution in [0.25, 0.3) is 0 Å². The summed E-state index contributed by atoms with van der Waals surface area (Å²) in [5.41, 5.74) is -1.10. The highest BCUT2D eigenvalue weighted by Gasteiger charge is 2.44. The fourth-order valence-electron chi connectivity index (χ4n) is 2.68. The van der Waals surface area contributed by atoms with Crippen LogP contribution in [0.15, 0.2) is 48.5 Å². The van der Waals surface area contributed by atoms with Gasteiger partial charge in [-0.2, -0.15) is 0 Å². The average molecular weight is 449 g/mol. The maximum absolute atomic E-state index is 13.1. The van der Waals surface area contributed by atoms with Gasteiger partial charge in [0.2, 0.25) is 0 Å². The molecule has 8 heteroatoms. The van der Waals surface area contributed by atoms with E-state index in [0.717, 1.165) is 0 Å². The number of esters is 1. The fraction of sp³-hybridized carbons (Fsp3) is 0.417. The summed E-state index contributed by atoms with van der Waals surface area (Å²) in [6, 6.07) is 11.2. The first-order valence-corrected chi connectivity index (χ1v) is 10.2. The zero-order chi connectivity index (χ0) is 23.9. The Kier molecular flexibility index (Phi) is 8.32. The quantitative estimate of drug-likeness (QED) is 0.581. The maximum atomic E-state index is 13.1. The molecule has 0 unspecified atom stereocenters. The minimum Gasteiger partial charge on any atom is -0.459 e. The minimum absolute atomic E-state index is 0.0816. The van der Waals surface area contributed by atoms with Gasteiger partial charge in [0.15, 0.2) is 5.54 Å². The van der Waals surface area contributed by atoms with Gasteiger partial charge in [0.05, 0.1) is 12.7 Å². The Hall–Kier alpha value is -3.00. The molecular weight excluding hydrogens is 420 g/mol. The number of rotatable bonds is 8. The predicted molar refractivity (Wildman–Crippen MR) is 115 cm³/mol. The molecule has 0 aliphatic carbocycles. The third kappa shape index (κ3) is 7.60. The SMILES string of the molecule is C[C@H](OCc1ccc(F)cc1)[C@@](C)(NC(=O)OC(C)(C)C)C(=O)OCc1ccc(F)cc1. The molecule has 0 heterocycles. The summed E-state index contributed by atoms with van der Waals surface area (Å²) >= 11 is 0. The molecule has 1 N–H and O–H groups in total. The Morgan fingerprint density at radius 1 is 0.875 bits per heavy atom. The number of benzene rings is 2. The number of halogens is 2. The Balaban J connectivity index is 2.13. The molecule has 1 amide bonds. The van der Waals surface area contributed by atoms with Gasteiger partial charge in [-0.25, -0.2) is 18.4 Å². The van der Waals surface area contributed by atoms with Gasteiger partial charge in [0.1, 0.15) is 23.8 Å². The fourth-order valence-corrected chi connectivity index (χ4v) is 2.68. The summed E-state index contributed by atoms with van der Waals surface area (Å²) in [6.07, 6.45) is -1.64. The van der Waals surface area contributed by atoms with Gasteiger partial charge in [-0.05, 0) is 70.0 Å². The van der Waals surface area contributed by atoms with Crippen LogP contribution in [0.2, 0.25) is 0 Å². The van der Waals surface area contributed by atoms with Crippen LogP contribution in [-0.2, 0) is 32.2 Å². The van der Waals surface area contributed by atoms with Gasteiger partial charge in [0.25, 0.3) is 0 Å². The first-order chi connectivity index (χ1) is 14.9. The van der Waals surface area contributed by atoms with E-state index in [9.17, 15) is 18.4 Å². The van der Waals surface area contributed by atoms with E-state index >= 15 is 0 Å². The molecule has 0 fully saturated rings. The van der Waals surface area contributed by atoms with Crippen molar-refractivity contribution in [2.45, 2.75) is 65.1 Å². The van der Waals surface area contributed by atoms with Crippen molar-refractivity contribution >= 4 is 12.1 Å². The molecule has 0 aliphatic rings. The maximum Gasteiger partial charge on any atom is 0.408 e. The number of hydrogen-bond acceptors (Lipinski definition) is 5. The number of hydrogen-bond donors (Lipinski definition) is 1. The molecule has 0 aliphatic heterocycles. The summed E-state index contributed by atoms with van der Waals surface area (Å²) in [5.74, 6) is -1.53. The van der Waals surface area contributed by atoms with Crippen LogP contribution in [-0.4, -0.2) is 29.3 Å². The molecule has 0 radical (unpaired) electrons. The molecule has 0 spiro atoms. The minimum atomic E-state index is -1.59. The van der Waals surface area contributed by atoms with Crippen LogP contribution in [0.5, 0.6) is 0 Å². The number of alkyl carbamates (subject to hydrolysis) is 1. The van der Waals surface area contributed by atoms with Crippen LogP contribution in [0.3, 0.4) is 0 Å². The number of carbonyl (C=O) groups excluding carboxylic acids is 2. The normalized spacial score (nSPS) is 14.2. The van der Waals surface area contributed by atoms with E-state index in [-0.39, 0.29) is 19.0 Å². The van der Waals surface area contributed by atoms with E-state index in [0.29, 0.717) is 11.1 Å². The molecule has 2 rings (SSSR count). The molecule has 2 aromatic carbocycles. The molecule has 0 aromatic heterocycles. The molecule has 6 nitrogen and oxygen atoms in total. The standard InChI is InChI=1S/C24H29F2NO5/c1-16(30-14-17-6-10-19(25)11-7-17)24(5,27-22(29)32-23(2,3)4)21(28)31-15-18-8-12-20(26)13-9-18/h6-13,16H,14-15H2,1-5H3,(H,27,29)/t16-,24+/m0/s1. The van der Waals surface area contributed by atoms with Crippen molar-refractivity contribution in [1.82, 2.24) is 5.32 Å². The van der Waals surface area contributed by atoms with Gasteiger partial charge in [-0.15, -0.1) is 0 Å². The van der Waals surface area contributed by atoms with Crippen molar-refractivity contribution in [3.05, 3.63) is 71.3 Å². The van der Waals surface area contributed by atoms with Crippen LogP contribution < -0.4 is 5.32 Å². The highest BCUT2D eigenvalue weighted by molar-refractivity contribution is 5.86. The van der Waals surface area contributed by atoms with Gasteiger partial charge in [-0.1, -0.05) is 24.3 Å². The summed E-state index contributed by atoms with van der Waals surface area (Å²) in [5, 5.41) is 2.56. The second kappa shape index (κ2) is 10.5. The Labute approximate surface area is 186 Å². The van der Waals surface area contributed by atoms with Crippen LogP contribution in [0.4, 0.5) is 13.6 Å². The van der Waals surface area contributed by atoms with Crippen molar-refractivity contribution < 1.29 is 32.6 Å².